The predicted octanol–water partition coefficient (Wildman–Crippen LogP) is 6.86. The lowest BCUT2D eigenvalue weighted by Crippen LogP contribution is -2.35. The van der Waals surface area contributed by atoms with Gasteiger partial charge in [-0.05, 0) is 53.8 Å². The van der Waals surface area contributed by atoms with Gasteiger partial charge >= 0.3 is 0 Å². The number of carbonyl (C=O) groups is 2. The third-order valence-electron chi connectivity index (χ3n) is 7.19. The molecule has 4 aromatic carbocycles. The molecule has 5 rings (SSSR count). The van der Waals surface area contributed by atoms with Gasteiger partial charge in [0.1, 0.15) is 6.17 Å². The summed E-state index contributed by atoms with van der Waals surface area (Å²) in [5.74, 6) is 0.522. The van der Waals surface area contributed by atoms with Crippen molar-refractivity contribution < 1.29 is 9.59 Å². The Hall–Kier alpha value is -4.38. The molecule has 1 aliphatic heterocycles. The first kappa shape index (κ1) is 26.2. The van der Waals surface area contributed by atoms with Crippen molar-refractivity contribution in [3.8, 4) is 0 Å². The van der Waals surface area contributed by atoms with Crippen LogP contribution in [-0.4, -0.2) is 29.8 Å². The minimum absolute atomic E-state index is 0.0529. The van der Waals surface area contributed by atoms with Crippen LogP contribution in [0.1, 0.15) is 69.8 Å². The van der Waals surface area contributed by atoms with E-state index in [0.29, 0.717) is 24.6 Å². The van der Waals surface area contributed by atoms with Crippen molar-refractivity contribution >= 4 is 17.5 Å². The fourth-order valence-electron chi connectivity index (χ4n) is 5.31. The van der Waals surface area contributed by atoms with Gasteiger partial charge in [0, 0.05) is 41.4 Å². The lowest BCUT2D eigenvalue weighted by Gasteiger charge is -2.28. The molecule has 0 spiro atoms. The van der Waals surface area contributed by atoms with Crippen LogP contribution in [0.4, 0.5) is 5.69 Å². The first-order chi connectivity index (χ1) is 19.0. The Morgan fingerprint density at radius 2 is 1.38 bits per heavy atom. The van der Waals surface area contributed by atoms with Gasteiger partial charge in [0.15, 0.2) is 0 Å². The number of nitrogens with zero attached hydrogens (tertiary/aromatic N) is 1. The summed E-state index contributed by atoms with van der Waals surface area (Å²) < 4.78 is 0. The minimum atomic E-state index is -0.233. The molecule has 1 heterocycles. The van der Waals surface area contributed by atoms with Gasteiger partial charge < -0.3 is 15.5 Å². The summed E-state index contributed by atoms with van der Waals surface area (Å²) in [5.41, 5.74) is 5.69. The van der Waals surface area contributed by atoms with Gasteiger partial charge in [0.25, 0.3) is 11.8 Å². The van der Waals surface area contributed by atoms with Crippen LogP contribution < -0.4 is 10.6 Å². The van der Waals surface area contributed by atoms with Crippen LogP contribution in [0.5, 0.6) is 0 Å². The fourth-order valence-corrected chi connectivity index (χ4v) is 5.31. The molecule has 0 aliphatic carbocycles. The van der Waals surface area contributed by atoms with Crippen LogP contribution in [0, 0.1) is 5.92 Å². The van der Waals surface area contributed by atoms with Crippen LogP contribution in [-0.2, 0) is 0 Å². The average Bonchev–Trinajstić information content (AvgIpc) is 3.22. The van der Waals surface area contributed by atoms with Crippen molar-refractivity contribution in [3.63, 3.8) is 0 Å². The molecule has 5 nitrogen and oxygen atoms in total. The Kier molecular flexibility index (Phi) is 8.07. The monoisotopic (exact) mass is 517 g/mol. The zero-order valence-corrected chi connectivity index (χ0v) is 22.5. The maximum absolute atomic E-state index is 13.0. The van der Waals surface area contributed by atoms with E-state index in [1.54, 1.807) is 0 Å². The molecule has 2 amide bonds. The number of hydrogen-bond donors (Lipinski definition) is 2. The molecule has 1 unspecified atom stereocenters. The number of anilines is 1. The standard InChI is InChI=1S/C34H35N3O2/c1-24(2)23-37-32(30-15-9-10-16-31(30)34(37)39)36-28-19-17-27(18-20-28)33(38)35-22-21-29(25-11-5-3-6-12-25)26-13-7-4-8-14-26/h3-20,24,29,32,36H,21-23H2,1-2H3,(H,35,38). The Bertz CT molecular complexity index is 1360. The summed E-state index contributed by atoms with van der Waals surface area (Å²) in [6, 6.07) is 36.1. The number of fused-ring (bicyclic) bond motifs is 1. The molecule has 0 bridgehead atoms. The second-order valence-corrected chi connectivity index (χ2v) is 10.5. The summed E-state index contributed by atoms with van der Waals surface area (Å²) in [6.45, 7) is 5.46. The van der Waals surface area contributed by atoms with Crippen molar-refractivity contribution in [1.29, 1.82) is 0 Å². The Labute approximate surface area is 230 Å². The second-order valence-electron chi connectivity index (χ2n) is 10.5. The third kappa shape index (κ3) is 6.04. The van der Waals surface area contributed by atoms with Crippen molar-refractivity contribution in [1.82, 2.24) is 10.2 Å². The number of amides is 2. The summed E-state index contributed by atoms with van der Waals surface area (Å²) in [5, 5.41) is 6.61. The summed E-state index contributed by atoms with van der Waals surface area (Å²) in [4.78, 5) is 27.9. The number of benzene rings is 4. The van der Waals surface area contributed by atoms with Crippen molar-refractivity contribution in [2.75, 3.05) is 18.4 Å². The SMILES string of the molecule is CC(C)CN1C(=O)c2ccccc2C1Nc1ccc(C(=O)NCCC(c2ccccc2)c2ccccc2)cc1. The maximum Gasteiger partial charge on any atom is 0.256 e. The van der Waals surface area contributed by atoms with Gasteiger partial charge in [-0.3, -0.25) is 9.59 Å². The van der Waals surface area contributed by atoms with E-state index in [1.807, 2.05) is 65.6 Å². The molecule has 0 saturated heterocycles. The number of nitrogens with one attached hydrogen (secondary N) is 2. The predicted molar refractivity (Wildman–Crippen MR) is 157 cm³/mol. The van der Waals surface area contributed by atoms with Gasteiger partial charge in [-0.2, -0.15) is 0 Å². The Morgan fingerprint density at radius 1 is 0.795 bits per heavy atom. The van der Waals surface area contributed by atoms with E-state index in [0.717, 1.165) is 23.2 Å². The van der Waals surface area contributed by atoms with Gasteiger partial charge in [-0.1, -0.05) is 92.7 Å². The first-order valence-corrected chi connectivity index (χ1v) is 13.7. The van der Waals surface area contributed by atoms with E-state index in [2.05, 4.69) is 73.0 Å². The lowest BCUT2D eigenvalue weighted by atomic mass is 9.88. The quantitative estimate of drug-likeness (QED) is 0.242. The second kappa shape index (κ2) is 12.0. The van der Waals surface area contributed by atoms with Crippen molar-refractivity contribution in [3.05, 3.63) is 137 Å². The maximum atomic E-state index is 13.0. The number of rotatable bonds is 10. The molecule has 0 aromatic heterocycles. The molecule has 2 N–H and O–H groups in total. The first-order valence-electron chi connectivity index (χ1n) is 13.7. The summed E-state index contributed by atoms with van der Waals surface area (Å²) >= 11 is 0. The van der Waals surface area contributed by atoms with Crippen LogP contribution in [0.2, 0.25) is 0 Å². The third-order valence-corrected chi connectivity index (χ3v) is 7.19. The molecule has 1 aliphatic rings. The average molecular weight is 518 g/mol. The molecule has 0 saturated carbocycles. The molecule has 39 heavy (non-hydrogen) atoms. The van der Waals surface area contributed by atoms with Crippen LogP contribution in [0.3, 0.4) is 0 Å². The molecule has 5 heteroatoms. The zero-order valence-electron chi connectivity index (χ0n) is 22.5. The number of carbonyl (C=O) groups excluding carboxylic acids is 2. The number of hydrogen-bond acceptors (Lipinski definition) is 3. The van der Waals surface area contributed by atoms with Crippen LogP contribution >= 0.6 is 0 Å². The fraction of sp³-hybridized carbons (Fsp3) is 0.235. The molecular weight excluding hydrogens is 482 g/mol. The molecule has 1 atom stereocenters. The summed E-state index contributed by atoms with van der Waals surface area (Å²) in [6.07, 6.45) is 0.573. The highest BCUT2D eigenvalue weighted by atomic mass is 16.2. The van der Waals surface area contributed by atoms with E-state index >= 15 is 0 Å². The molecule has 0 fully saturated rings. The van der Waals surface area contributed by atoms with E-state index in [1.165, 1.54) is 11.1 Å². The molecular formula is C34H35N3O2. The van der Waals surface area contributed by atoms with E-state index in [9.17, 15) is 9.59 Å². The molecule has 198 valence electrons. The zero-order chi connectivity index (χ0) is 27.2. The Morgan fingerprint density at radius 3 is 2.00 bits per heavy atom. The smallest absolute Gasteiger partial charge is 0.256 e. The minimum Gasteiger partial charge on any atom is -0.361 e. The largest absolute Gasteiger partial charge is 0.361 e. The van der Waals surface area contributed by atoms with Gasteiger partial charge in [0.2, 0.25) is 0 Å². The normalized spacial score (nSPS) is 14.5. The highest BCUT2D eigenvalue weighted by Gasteiger charge is 2.36. The Balaban J connectivity index is 1.23. The van der Waals surface area contributed by atoms with E-state index < -0.39 is 0 Å². The lowest BCUT2D eigenvalue weighted by molar-refractivity contribution is 0.0720. The molecule has 4 aromatic rings. The highest BCUT2D eigenvalue weighted by Crippen LogP contribution is 2.35. The topological polar surface area (TPSA) is 61.4 Å². The highest BCUT2D eigenvalue weighted by molar-refractivity contribution is 5.99. The van der Waals surface area contributed by atoms with E-state index in [4.69, 9.17) is 0 Å². The van der Waals surface area contributed by atoms with Gasteiger partial charge in [-0.15, -0.1) is 0 Å². The van der Waals surface area contributed by atoms with Gasteiger partial charge in [-0.25, -0.2) is 0 Å². The summed E-state index contributed by atoms with van der Waals surface area (Å²) in [7, 11) is 0. The molecule has 0 radical (unpaired) electrons. The van der Waals surface area contributed by atoms with Crippen molar-refractivity contribution in [2.45, 2.75) is 32.4 Å². The van der Waals surface area contributed by atoms with E-state index in [-0.39, 0.29) is 23.9 Å². The van der Waals surface area contributed by atoms with Crippen LogP contribution in [0.15, 0.2) is 109 Å². The van der Waals surface area contributed by atoms with Gasteiger partial charge in [0.05, 0.1) is 0 Å². The van der Waals surface area contributed by atoms with Crippen molar-refractivity contribution in [2.24, 2.45) is 5.92 Å². The van der Waals surface area contributed by atoms with Crippen LogP contribution in [0.25, 0.3) is 0 Å².